The summed E-state index contributed by atoms with van der Waals surface area (Å²) in [5, 5.41) is 4.19. The molecule has 2 aromatic rings. The number of halogens is 1. The number of ether oxygens (including phenoxy) is 1. The van der Waals surface area contributed by atoms with Crippen LogP contribution in [0, 0.1) is 0 Å². The molecule has 132 valence electrons. The third kappa shape index (κ3) is 5.86. The number of hydrogen-bond donors (Lipinski definition) is 2. The van der Waals surface area contributed by atoms with Crippen molar-refractivity contribution in [3.63, 3.8) is 0 Å². The van der Waals surface area contributed by atoms with Gasteiger partial charge < -0.3 is 4.74 Å². The van der Waals surface area contributed by atoms with Crippen LogP contribution in [0.5, 0.6) is 5.75 Å². The number of rotatable bonds is 7. The van der Waals surface area contributed by atoms with Crippen molar-refractivity contribution in [2.24, 2.45) is 5.10 Å². The minimum absolute atomic E-state index is 0.0198. The van der Waals surface area contributed by atoms with Crippen molar-refractivity contribution < 1.29 is 17.9 Å². The van der Waals surface area contributed by atoms with E-state index in [0.29, 0.717) is 10.8 Å². The summed E-state index contributed by atoms with van der Waals surface area (Å²) in [6.07, 6.45) is 1.44. The number of carbonyl (C=O) groups excluding carboxylic acids is 1. The molecule has 7 nitrogen and oxygen atoms in total. The molecule has 2 rings (SSSR count). The van der Waals surface area contributed by atoms with E-state index in [4.69, 9.17) is 16.3 Å². The van der Waals surface area contributed by atoms with Crippen LogP contribution >= 0.6 is 11.6 Å². The Balaban J connectivity index is 1.85. The molecule has 1 amide bonds. The summed E-state index contributed by atoms with van der Waals surface area (Å²) in [7, 11) is -2.23. The Morgan fingerprint density at radius 3 is 2.40 bits per heavy atom. The SMILES string of the molecule is COc1ccc(/C=N/NC(=O)CNS(=O)(=O)c2ccc(Cl)cc2)cc1. The second-order valence-electron chi connectivity index (χ2n) is 4.84. The van der Waals surface area contributed by atoms with Crippen LogP contribution in [-0.4, -0.2) is 34.2 Å². The van der Waals surface area contributed by atoms with Gasteiger partial charge in [-0.2, -0.15) is 5.10 Å². The van der Waals surface area contributed by atoms with Crippen LogP contribution in [0.1, 0.15) is 5.56 Å². The van der Waals surface area contributed by atoms with Crippen molar-refractivity contribution in [1.29, 1.82) is 0 Å². The van der Waals surface area contributed by atoms with Gasteiger partial charge in [0, 0.05) is 5.02 Å². The first-order valence-electron chi connectivity index (χ1n) is 7.12. The zero-order chi connectivity index (χ0) is 18.3. The van der Waals surface area contributed by atoms with Crippen molar-refractivity contribution in [3.05, 3.63) is 59.1 Å². The van der Waals surface area contributed by atoms with Gasteiger partial charge in [0.05, 0.1) is 24.8 Å². The summed E-state index contributed by atoms with van der Waals surface area (Å²) >= 11 is 5.71. The maximum Gasteiger partial charge on any atom is 0.255 e. The summed E-state index contributed by atoms with van der Waals surface area (Å²) in [5.74, 6) is 0.111. The maximum absolute atomic E-state index is 12.0. The minimum atomic E-state index is -3.79. The van der Waals surface area contributed by atoms with Gasteiger partial charge >= 0.3 is 0 Å². The van der Waals surface area contributed by atoms with Crippen molar-refractivity contribution >= 4 is 33.7 Å². The molecule has 0 aromatic heterocycles. The highest BCUT2D eigenvalue weighted by Gasteiger charge is 2.14. The quantitative estimate of drug-likeness (QED) is 0.564. The fourth-order valence-electron chi connectivity index (χ4n) is 1.77. The van der Waals surface area contributed by atoms with Crippen LogP contribution in [0.4, 0.5) is 0 Å². The number of benzene rings is 2. The number of nitrogens with zero attached hydrogens (tertiary/aromatic N) is 1. The summed E-state index contributed by atoms with van der Waals surface area (Å²) in [4.78, 5) is 11.7. The molecule has 2 aromatic carbocycles. The zero-order valence-electron chi connectivity index (χ0n) is 13.3. The zero-order valence-corrected chi connectivity index (χ0v) is 14.8. The highest BCUT2D eigenvalue weighted by atomic mass is 35.5. The van der Waals surface area contributed by atoms with E-state index in [1.54, 1.807) is 31.4 Å². The van der Waals surface area contributed by atoms with Gasteiger partial charge in [0.15, 0.2) is 0 Å². The molecule has 0 aliphatic heterocycles. The standard InChI is InChI=1S/C16H16ClN3O4S/c1-24-14-6-2-12(3-7-14)10-18-20-16(21)11-19-25(22,23)15-8-4-13(17)5-9-15/h2-10,19H,11H2,1H3,(H,20,21)/b18-10+. The number of methoxy groups -OCH3 is 1. The lowest BCUT2D eigenvalue weighted by Crippen LogP contribution is -2.34. The predicted octanol–water partition coefficient (Wildman–Crippen LogP) is 1.78. The smallest absolute Gasteiger partial charge is 0.255 e. The molecule has 0 radical (unpaired) electrons. The average molecular weight is 382 g/mol. The summed E-state index contributed by atoms with van der Waals surface area (Å²) in [6, 6.07) is 12.6. The topological polar surface area (TPSA) is 96.9 Å². The van der Waals surface area contributed by atoms with E-state index >= 15 is 0 Å². The van der Waals surface area contributed by atoms with Gasteiger partial charge in [-0.25, -0.2) is 18.6 Å². The lowest BCUT2D eigenvalue weighted by Gasteiger charge is -2.06. The Labute approximate surface area is 150 Å². The molecule has 0 saturated heterocycles. The molecule has 0 unspecified atom stereocenters. The molecule has 0 aliphatic rings. The summed E-state index contributed by atoms with van der Waals surface area (Å²) in [6.45, 7) is -0.440. The van der Waals surface area contributed by atoms with Crippen molar-refractivity contribution in [2.75, 3.05) is 13.7 Å². The van der Waals surface area contributed by atoms with Gasteiger partial charge in [-0.15, -0.1) is 0 Å². The van der Waals surface area contributed by atoms with Crippen LogP contribution in [0.3, 0.4) is 0 Å². The molecule has 0 fully saturated rings. The van der Waals surface area contributed by atoms with Crippen LogP contribution in [0.2, 0.25) is 5.02 Å². The molecular formula is C16H16ClN3O4S. The molecule has 25 heavy (non-hydrogen) atoms. The molecule has 0 saturated carbocycles. The van der Waals surface area contributed by atoms with Crippen LogP contribution in [0.15, 0.2) is 58.5 Å². The van der Waals surface area contributed by atoms with Gasteiger partial charge in [-0.3, -0.25) is 4.79 Å². The summed E-state index contributed by atoms with van der Waals surface area (Å²) in [5.41, 5.74) is 3.00. The van der Waals surface area contributed by atoms with E-state index in [1.165, 1.54) is 30.5 Å². The number of sulfonamides is 1. The molecule has 0 aliphatic carbocycles. The maximum atomic E-state index is 12.0. The van der Waals surface area contributed by atoms with Crippen LogP contribution < -0.4 is 14.9 Å². The van der Waals surface area contributed by atoms with Gasteiger partial charge in [0.1, 0.15) is 5.75 Å². The second kappa shape index (κ2) is 8.61. The largest absolute Gasteiger partial charge is 0.497 e. The molecule has 0 spiro atoms. The molecule has 0 heterocycles. The van der Waals surface area contributed by atoms with E-state index in [0.717, 1.165) is 5.56 Å². The third-order valence-electron chi connectivity index (χ3n) is 3.07. The van der Waals surface area contributed by atoms with Gasteiger partial charge in [0.25, 0.3) is 5.91 Å². The van der Waals surface area contributed by atoms with Crippen molar-refractivity contribution in [2.45, 2.75) is 4.90 Å². The number of hydrogen-bond acceptors (Lipinski definition) is 5. The number of nitrogens with one attached hydrogen (secondary N) is 2. The first-order chi connectivity index (χ1) is 11.9. The lowest BCUT2D eigenvalue weighted by molar-refractivity contribution is -0.119. The molecular weight excluding hydrogens is 366 g/mol. The van der Waals surface area contributed by atoms with E-state index in [-0.39, 0.29) is 4.90 Å². The van der Waals surface area contributed by atoms with Crippen LogP contribution in [-0.2, 0) is 14.8 Å². The van der Waals surface area contributed by atoms with Gasteiger partial charge in [0.2, 0.25) is 10.0 Å². The van der Waals surface area contributed by atoms with Gasteiger partial charge in [-0.05, 0) is 54.1 Å². The lowest BCUT2D eigenvalue weighted by atomic mass is 10.2. The van der Waals surface area contributed by atoms with E-state index in [9.17, 15) is 13.2 Å². The Hall–Kier alpha value is -2.42. The van der Waals surface area contributed by atoms with Crippen molar-refractivity contribution in [3.8, 4) is 5.75 Å². The normalized spacial score (nSPS) is 11.4. The third-order valence-corrected chi connectivity index (χ3v) is 4.73. The fraction of sp³-hybridized carbons (Fsp3) is 0.125. The second-order valence-corrected chi connectivity index (χ2v) is 7.05. The Morgan fingerprint density at radius 2 is 1.80 bits per heavy atom. The minimum Gasteiger partial charge on any atom is -0.497 e. The van der Waals surface area contributed by atoms with Crippen LogP contribution in [0.25, 0.3) is 0 Å². The van der Waals surface area contributed by atoms with Gasteiger partial charge in [-0.1, -0.05) is 11.6 Å². The molecule has 0 atom stereocenters. The number of hydrazone groups is 1. The Bertz CT molecular complexity index is 850. The number of carbonyl (C=O) groups is 1. The highest BCUT2D eigenvalue weighted by molar-refractivity contribution is 7.89. The Morgan fingerprint density at radius 1 is 1.16 bits per heavy atom. The van der Waals surface area contributed by atoms with E-state index in [1.807, 2.05) is 0 Å². The Kier molecular flexibility index (Phi) is 6.51. The fourth-order valence-corrected chi connectivity index (χ4v) is 2.87. The molecule has 9 heteroatoms. The number of amides is 1. The summed E-state index contributed by atoms with van der Waals surface area (Å²) < 4.78 is 31.3. The molecule has 2 N–H and O–H groups in total. The average Bonchev–Trinajstić information content (AvgIpc) is 2.61. The monoisotopic (exact) mass is 381 g/mol. The van der Waals surface area contributed by atoms with Crippen molar-refractivity contribution in [1.82, 2.24) is 10.1 Å². The predicted molar refractivity (Wildman–Crippen MR) is 95.4 cm³/mol. The first kappa shape index (κ1) is 18.9. The molecule has 0 bridgehead atoms. The highest BCUT2D eigenvalue weighted by Crippen LogP contribution is 2.13. The first-order valence-corrected chi connectivity index (χ1v) is 8.98. The van der Waals surface area contributed by atoms with E-state index < -0.39 is 22.5 Å². The van der Waals surface area contributed by atoms with E-state index in [2.05, 4.69) is 15.2 Å².